The molecule has 1 rings (SSSR count). The summed E-state index contributed by atoms with van der Waals surface area (Å²) in [5, 5.41) is 11.7. The maximum Gasteiger partial charge on any atom is 0.320 e. The van der Waals surface area contributed by atoms with Crippen LogP contribution in [0.25, 0.3) is 0 Å². The molecule has 0 aliphatic carbocycles. The van der Waals surface area contributed by atoms with E-state index in [2.05, 4.69) is 16.3 Å². The molecule has 0 spiro atoms. The van der Waals surface area contributed by atoms with E-state index in [0.29, 0.717) is 13.0 Å². The van der Waals surface area contributed by atoms with Gasteiger partial charge in [-0.15, -0.1) is 0 Å². The van der Waals surface area contributed by atoms with Crippen molar-refractivity contribution in [2.75, 3.05) is 25.5 Å². The number of benzene rings is 1. The number of carboxylic acid groups (broad SMARTS) is 1. The Balaban J connectivity index is 2.55. The van der Waals surface area contributed by atoms with Crippen LogP contribution in [0.3, 0.4) is 0 Å². The summed E-state index contributed by atoms with van der Waals surface area (Å²) in [7, 11) is 3.65. The molecule has 4 nitrogen and oxygen atoms in total. The van der Waals surface area contributed by atoms with Crippen molar-refractivity contribution >= 4 is 11.7 Å². The first-order chi connectivity index (χ1) is 8.04. The van der Waals surface area contributed by atoms with Gasteiger partial charge < -0.3 is 15.3 Å². The van der Waals surface area contributed by atoms with Crippen LogP contribution in [0.2, 0.25) is 0 Å². The van der Waals surface area contributed by atoms with E-state index < -0.39 is 12.0 Å². The quantitative estimate of drug-likeness (QED) is 0.786. The van der Waals surface area contributed by atoms with Crippen molar-refractivity contribution in [3.05, 3.63) is 29.8 Å². The first kappa shape index (κ1) is 13.5. The maximum atomic E-state index is 10.9. The van der Waals surface area contributed by atoms with E-state index >= 15 is 0 Å². The fourth-order valence-electron chi connectivity index (χ4n) is 1.71. The van der Waals surface area contributed by atoms with Gasteiger partial charge in [0.2, 0.25) is 0 Å². The molecule has 94 valence electrons. The summed E-state index contributed by atoms with van der Waals surface area (Å²) in [6.45, 7) is 2.76. The zero-order valence-corrected chi connectivity index (χ0v) is 10.6. The molecule has 0 aliphatic heterocycles. The Morgan fingerprint density at radius 1 is 1.53 bits per heavy atom. The predicted octanol–water partition coefficient (Wildman–Crippen LogP) is 1.49. The summed E-state index contributed by atoms with van der Waals surface area (Å²) in [6.07, 6.45) is 0.580. The number of hydrogen-bond acceptors (Lipinski definition) is 3. The minimum atomic E-state index is -0.801. The van der Waals surface area contributed by atoms with Gasteiger partial charge in [-0.2, -0.15) is 0 Å². The van der Waals surface area contributed by atoms with Gasteiger partial charge in [0.05, 0.1) is 0 Å². The second kappa shape index (κ2) is 6.25. The van der Waals surface area contributed by atoms with Crippen LogP contribution in [0.4, 0.5) is 5.69 Å². The SMILES string of the molecule is CNC(CCN(C)c1cccc(C)c1)C(=O)O. The minimum absolute atomic E-state index is 0.484. The lowest BCUT2D eigenvalue weighted by molar-refractivity contribution is -0.139. The van der Waals surface area contributed by atoms with Crippen LogP contribution in [-0.2, 0) is 4.79 Å². The standard InChI is InChI=1S/C13H20N2O2/c1-10-5-4-6-11(9-10)15(3)8-7-12(14-2)13(16)17/h4-6,9,12,14H,7-8H2,1-3H3,(H,16,17). The van der Waals surface area contributed by atoms with Crippen molar-refractivity contribution in [2.45, 2.75) is 19.4 Å². The number of rotatable bonds is 6. The third kappa shape index (κ3) is 4.07. The van der Waals surface area contributed by atoms with Crippen LogP contribution in [0.15, 0.2) is 24.3 Å². The lowest BCUT2D eigenvalue weighted by atomic mass is 10.1. The van der Waals surface area contributed by atoms with Crippen molar-refractivity contribution in [3.8, 4) is 0 Å². The number of aliphatic carboxylic acids is 1. The molecule has 0 bridgehead atoms. The molecule has 1 aromatic rings. The fraction of sp³-hybridized carbons (Fsp3) is 0.462. The first-order valence-corrected chi connectivity index (χ1v) is 5.72. The van der Waals surface area contributed by atoms with Crippen LogP contribution >= 0.6 is 0 Å². The molecule has 0 fully saturated rings. The van der Waals surface area contributed by atoms with Gasteiger partial charge in [0.25, 0.3) is 0 Å². The summed E-state index contributed by atoms with van der Waals surface area (Å²) in [5.41, 5.74) is 2.32. The average molecular weight is 236 g/mol. The molecule has 17 heavy (non-hydrogen) atoms. The lowest BCUT2D eigenvalue weighted by Crippen LogP contribution is -2.37. The van der Waals surface area contributed by atoms with Gasteiger partial charge in [-0.3, -0.25) is 4.79 Å². The van der Waals surface area contributed by atoms with Crippen LogP contribution in [-0.4, -0.2) is 37.8 Å². The van der Waals surface area contributed by atoms with Crippen molar-refractivity contribution < 1.29 is 9.90 Å². The number of carbonyl (C=O) groups is 1. The molecule has 0 amide bonds. The molecular formula is C13H20N2O2. The highest BCUT2D eigenvalue weighted by Crippen LogP contribution is 2.14. The highest BCUT2D eigenvalue weighted by molar-refractivity contribution is 5.73. The van der Waals surface area contributed by atoms with Gasteiger partial charge in [0.1, 0.15) is 6.04 Å². The molecular weight excluding hydrogens is 216 g/mol. The van der Waals surface area contributed by atoms with Gasteiger partial charge in [-0.1, -0.05) is 12.1 Å². The largest absolute Gasteiger partial charge is 0.480 e. The lowest BCUT2D eigenvalue weighted by Gasteiger charge is -2.21. The monoisotopic (exact) mass is 236 g/mol. The summed E-state index contributed by atoms with van der Waals surface area (Å²) < 4.78 is 0. The Kier molecular flexibility index (Phi) is 4.97. The van der Waals surface area contributed by atoms with E-state index in [1.807, 2.05) is 32.2 Å². The van der Waals surface area contributed by atoms with Gasteiger partial charge in [0.15, 0.2) is 0 Å². The Hall–Kier alpha value is -1.55. The van der Waals surface area contributed by atoms with E-state index in [0.717, 1.165) is 5.69 Å². The van der Waals surface area contributed by atoms with Gasteiger partial charge in [-0.25, -0.2) is 0 Å². The normalized spacial score (nSPS) is 12.2. The van der Waals surface area contributed by atoms with Crippen molar-refractivity contribution in [1.29, 1.82) is 0 Å². The topological polar surface area (TPSA) is 52.6 Å². The fourth-order valence-corrected chi connectivity index (χ4v) is 1.71. The van der Waals surface area contributed by atoms with Crippen molar-refractivity contribution in [2.24, 2.45) is 0 Å². The number of anilines is 1. The summed E-state index contributed by atoms with van der Waals surface area (Å²) >= 11 is 0. The molecule has 1 atom stereocenters. The van der Waals surface area contributed by atoms with Crippen LogP contribution in [0.5, 0.6) is 0 Å². The van der Waals surface area contributed by atoms with Gasteiger partial charge >= 0.3 is 5.97 Å². The molecule has 4 heteroatoms. The first-order valence-electron chi connectivity index (χ1n) is 5.72. The highest BCUT2D eigenvalue weighted by atomic mass is 16.4. The van der Waals surface area contributed by atoms with E-state index in [1.54, 1.807) is 7.05 Å². The number of nitrogens with one attached hydrogen (secondary N) is 1. The molecule has 0 aliphatic rings. The third-order valence-corrected chi connectivity index (χ3v) is 2.84. The van der Waals surface area contributed by atoms with E-state index in [4.69, 9.17) is 5.11 Å². The Labute approximate surface area is 102 Å². The Bertz CT molecular complexity index is 379. The average Bonchev–Trinajstić information content (AvgIpc) is 2.29. The van der Waals surface area contributed by atoms with E-state index in [-0.39, 0.29) is 0 Å². The number of hydrogen-bond donors (Lipinski definition) is 2. The maximum absolute atomic E-state index is 10.9. The zero-order chi connectivity index (χ0) is 12.8. The molecule has 0 saturated carbocycles. The van der Waals surface area contributed by atoms with E-state index in [9.17, 15) is 4.79 Å². The van der Waals surface area contributed by atoms with Crippen LogP contribution in [0, 0.1) is 6.92 Å². The number of nitrogens with zero attached hydrogens (tertiary/aromatic N) is 1. The summed E-state index contributed by atoms with van der Waals surface area (Å²) in [4.78, 5) is 12.9. The highest BCUT2D eigenvalue weighted by Gasteiger charge is 2.15. The zero-order valence-electron chi connectivity index (χ0n) is 10.6. The molecule has 0 heterocycles. The van der Waals surface area contributed by atoms with Gasteiger partial charge in [-0.05, 0) is 38.1 Å². The minimum Gasteiger partial charge on any atom is -0.480 e. The molecule has 1 aromatic carbocycles. The summed E-state index contributed by atoms with van der Waals surface area (Å²) in [5.74, 6) is -0.801. The molecule has 0 saturated heterocycles. The molecule has 0 radical (unpaired) electrons. The smallest absolute Gasteiger partial charge is 0.320 e. The third-order valence-electron chi connectivity index (χ3n) is 2.84. The molecule has 2 N–H and O–H groups in total. The van der Waals surface area contributed by atoms with Crippen LogP contribution < -0.4 is 10.2 Å². The molecule has 1 unspecified atom stereocenters. The second-order valence-corrected chi connectivity index (χ2v) is 4.23. The number of aryl methyl sites for hydroxylation is 1. The van der Waals surface area contributed by atoms with Gasteiger partial charge in [0, 0.05) is 19.3 Å². The molecule has 0 aromatic heterocycles. The van der Waals surface area contributed by atoms with Crippen molar-refractivity contribution in [1.82, 2.24) is 5.32 Å². The van der Waals surface area contributed by atoms with E-state index in [1.165, 1.54) is 5.56 Å². The number of likely N-dealkylation sites (N-methyl/N-ethyl adjacent to an activating group) is 1. The Morgan fingerprint density at radius 2 is 2.24 bits per heavy atom. The van der Waals surface area contributed by atoms with Crippen LogP contribution in [0.1, 0.15) is 12.0 Å². The Morgan fingerprint density at radius 3 is 2.76 bits per heavy atom. The summed E-state index contributed by atoms with van der Waals surface area (Å²) in [6, 6.07) is 7.69. The number of carboxylic acids is 1. The predicted molar refractivity (Wildman–Crippen MR) is 69.5 cm³/mol. The second-order valence-electron chi connectivity index (χ2n) is 4.23. The van der Waals surface area contributed by atoms with Crippen molar-refractivity contribution in [3.63, 3.8) is 0 Å².